The van der Waals surface area contributed by atoms with Gasteiger partial charge in [-0.25, -0.2) is 0 Å². The molecule has 1 saturated heterocycles. The topological polar surface area (TPSA) is 15.3 Å². The molecule has 0 aromatic heterocycles. The van der Waals surface area contributed by atoms with Crippen LogP contribution in [0.25, 0.3) is 0 Å². The van der Waals surface area contributed by atoms with Crippen molar-refractivity contribution in [2.45, 2.75) is 32.2 Å². The average Bonchev–Trinajstić information content (AvgIpc) is 2.45. The molecule has 1 N–H and O–H groups in total. The Kier molecular flexibility index (Phi) is 5.68. The molecule has 1 aliphatic rings. The first kappa shape index (κ1) is 14.8. The van der Waals surface area contributed by atoms with E-state index in [1.807, 2.05) is 19.2 Å². The third kappa shape index (κ3) is 4.20. The zero-order valence-electron chi connectivity index (χ0n) is 12.0. The zero-order valence-corrected chi connectivity index (χ0v) is 12.8. The third-order valence-corrected chi connectivity index (χ3v) is 4.57. The summed E-state index contributed by atoms with van der Waals surface area (Å²) in [7, 11) is 2.04. The van der Waals surface area contributed by atoms with Crippen molar-refractivity contribution >= 4 is 11.6 Å². The second-order valence-corrected chi connectivity index (χ2v) is 6.04. The number of nitrogens with one attached hydrogen (secondary N) is 1. The first-order valence-electron chi connectivity index (χ1n) is 7.35. The quantitative estimate of drug-likeness (QED) is 0.884. The van der Waals surface area contributed by atoms with Crippen LogP contribution in [0.1, 0.15) is 37.8 Å². The molecule has 19 heavy (non-hydrogen) atoms. The number of benzene rings is 1. The first-order chi connectivity index (χ1) is 9.20. The summed E-state index contributed by atoms with van der Waals surface area (Å²) in [5.41, 5.74) is 1.33. The summed E-state index contributed by atoms with van der Waals surface area (Å²) in [4.78, 5) is 2.58. The summed E-state index contributed by atoms with van der Waals surface area (Å²) in [6, 6.07) is 8.75. The molecule has 0 amide bonds. The van der Waals surface area contributed by atoms with Crippen molar-refractivity contribution in [3.63, 3.8) is 0 Å². The Labute approximate surface area is 122 Å². The monoisotopic (exact) mass is 280 g/mol. The van der Waals surface area contributed by atoms with Crippen LogP contribution in [0.4, 0.5) is 0 Å². The Morgan fingerprint density at radius 3 is 2.74 bits per heavy atom. The fraction of sp³-hybridized carbons (Fsp3) is 0.625. The molecule has 1 aromatic carbocycles. The predicted molar refractivity (Wildman–Crippen MR) is 82.7 cm³/mol. The van der Waals surface area contributed by atoms with Crippen LogP contribution in [-0.2, 0) is 0 Å². The van der Waals surface area contributed by atoms with Crippen molar-refractivity contribution in [3.8, 4) is 0 Å². The molecule has 2 nitrogen and oxygen atoms in total. The number of likely N-dealkylation sites (tertiary alicyclic amines) is 1. The first-order valence-corrected chi connectivity index (χ1v) is 7.72. The lowest BCUT2D eigenvalue weighted by Crippen LogP contribution is -2.36. The van der Waals surface area contributed by atoms with Gasteiger partial charge in [-0.1, -0.05) is 23.7 Å². The van der Waals surface area contributed by atoms with Gasteiger partial charge in [-0.2, -0.15) is 0 Å². The minimum Gasteiger partial charge on any atom is -0.320 e. The fourth-order valence-corrected chi connectivity index (χ4v) is 3.15. The minimum atomic E-state index is 0.476. The molecule has 2 rings (SSSR count). The van der Waals surface area contributed by atoms with Gasteiger partial charge in [0.25, 0.3) is 0 Å². The molecule has 1 unspecified atom stereocenters. The van der Waals surface area contributed by atoms with Gasteiger partial charge < -0.3 is 5.32 Å². The number of hydrogen-bond donors (Lipinski definition) is 1. The molecule has 1 fully saturated rings. The van der Waals surface area contributed by atoms with Gasteiger partial charge in [0.15, 0.2) is 0 Å². The number of hydrogen-bond acceptors (Lipinski definition) is 2. The molecule has 0 radical (unpaired) electrons. The maximum Gasteiger partial charge on any atom is 0.0409 e. The molecule has 1 aliphatic heterocycles. The van der Waals surface area contributed by atoms with E-state index in [0.29, 0.717) is 6.04 Å². The van der Waals surface area contributed by atoms with E-state index in [0.717, 1.165) is 17.5 Å². The second-order valence-electron chi connectivity index (χ2n) is 5.60. The van der Waals surface area contributed by atoms with E-state index in [4.69, 9.17) is 11.6 Å². The van der Waals surface area contributed by atoms with Gasteiger partial charge in [-0.05, 0) is 76.5 Å². The Hall–Kier alpha value is -0.570. The maximum atomic E-state index is 6.08. The largest absolute Gasteiger partial charge is 0.320 e. The lowest BCUT2D eigenvalue weighted by molar-refractivity contribution is 0.137. The molecular formula is C16H25ClN2. The van der Waals surface area contributed by atoms with E-state index in [1.165, 1.54) is 37.9 Å². The summed E-state index contributed by atoms with van der Waals surface area (Å²) in [6.45, 7) is 5.86. The lowest BCUT2D eigenvalue weighted by atomic mass is 9.92. The SMILES string of the molecule is CNCCC1CCN(C(C)c2cccc(Cl)c2)CC1. The minimum absolute atomic E-state index is 0.476. The third-order valence-electron chi connectivity index (χ3n) is 4.33. The van der Waals surface area contributed by atoms with Crippen molar-refractivity contribution in [2.75, 3.05) is 26.7 Å². The summed E-state index contributed by atoms with van der Waals surface area (Å²) >= 11 is 6.08. The van der Waals surface area contributed by atoms with E-state index in [9.17, 15) is 0 Å². The van der Waals surface area contributed by atoms with Crippen molar-refractivity contribution in [3.05, 3.63) is 34.9 Å². The number of rotatable bonds is 5. The Bertz CT molecular complexity index is 386. The summed E-state index contributed by atoms with van der Waals surface area (Å²) in [5, 5.41) is 4.09. The van der Waals surface area contributed by atoms with E-state index >= 15 is 0 Å². The Morgan fingerprint density at radius 2 is 2.11 bits per heavy atom. The van der Waals surface area contributed by atoms with E-state index in [1.54, 1.807) is 0 Å². The molecule has 0 aliphatic carbocycles. The van der Waals surface area contributed by atoms with Gasteiger partial charge in [0.2, 0.25) is 0 Å². The summed E-state index contributed by atoms with van der Waals surface area (Å²) in [6.07, 6.45) is 3.97. The smallest absolute Gasteiger partial charge is 0.0409 e. The molecule has 106 valence electrons. The van der Waals surface area contributed by atoms with Crippen LogP contribution < -0.4 is 5.32 Å². The standard InChI is InChI=1S/C16H25ClN2/c1-13(15-4-3-5-16(17)12-15)19-10-7-14(8-11-19)6-9-18-2/h3-5,12-14,18H,6-11H2,1-2H3. The molecule has 3 heteroatoms. The molecule has 1 atom stereocenters. The van der Waals surface area contributed by atoms with Gasteiger partial charge >= 0.3 is 0 Å². The highest BCUT2D eigenvalue weighted by molar-refractivity contribution is 6.30. The van der Waals surface area contributed by atoms with E-state index in [-0.39, 0.29) is 0 Å². The molecule has 1 heterocycles. The average molecular weight is 281 g/mol. The van der Waals surface area contributed by atoms with Gasteiger partial charge in [-0.3, -0.25) is 4.90 Å². The van der Waals surface area contributed by atoms with Crippen LogP contribution in [0.15, 0.2) is 24.3 Å². The zero-order chi connectivity index (χ0) is 13.7. The maximum absolute atomic E-state index is 6.08. The molecular weight excluding hydrogens is 256 g/mol. The molecule has 0 bridgehead atoms. The van der Waals surface area contributed by atoms with Gasteiger partial charge in [0.1, 0.15) is 0 Å². The molecule has 0 saturated carbocycles. The van der Waals surface area contributed by atoms with Gasteiger partial charge in [0, 0.05) is 11.1 Å². The van der Waals surface area contributed by atoms with E-state index < -0.39 is 0 Å². The van der Waals surface area contributed by atoms with Crippen LogP contribution in [0.2, 0.25) is 5.02 Å². The van der Waals surface area contributed by atoms with Crippen molar-refractivity contribution < 1.29 is 0 Å². The Balaban J connectivity index is 1.87. The highest BCUT2D eigenvalue weighted by Gasteiger charge is 2.23. The summed E-state index contributed by atoms with van der Waals surface area (Å²) in [5.74, 6) is 0.898. The number of nitrogens with zero attached hydrogens (tertiary/aromatic N) is 1. The van der Waals surface area contributed by atoms with Crippen LogP contribution in [-0.4, -0.2) is 31.6 Å². The normalized spacial score (nSPS) is 19.5. The van der Waals surface area contributed by atoms with Crippen LogP contribution in [0.5, 0.6) is 0 Å². The van der Waals surface area contributed by atoms with Crippen LogP contribution in [0.3, 0.4) is 0 Å². The Morgan fingerprint density at radius 1 is 1.37 bits per heavy atom. The lowest BCUT2D eigenvalue weighted by Gasteiger charge is -2.36. The highest BCUT2D eigenvalue weighted by atomic mass is 35.5. The van der Waals surface area contributed by atoms with E-state index in [2.05, 4.69) is 29.3 Å². The summed E-state index contributed by atoms with van der Waals surface area (Å²) < 4.78 is 0. The van der Waals surface area contributed by atoms with Gasteiger partial charge in [0.05, 0.1) is 0 Å². The second kappa shape index (κ2) is 7.28. The molecule has 1 aromatic rings. The van der Waals surface area contributed by atoms with Crippen molar-refractivity contribution in [2.24, 2.45) is 5.92 Å². The number of halogens is 1. The predicted octanol–water partition coefficient (Wildman–Crippen LogP) is 3.72. The molecule has 0 spiro atoms. The number of piperidine rings is 1. The fourth-order valence-electron chi connectivity index (χ4n) is 2.95. The van der Waals surface area contributed by atoms with Crippen LogP contribution >= 0.6 is 11.6 Å². The highest BCUT2D eigenvalue weighted by Crippen LogP contribution is 2.28. The van der Waals surface area contributed by atoms with Crippen LogP contribution in [0, 0.1) is 5.92 Å². The van der Waals surface area contributed by atoms with Gasteiger partial charge in [-0.15, -0.1) is 0 Å². The van der Waals surface area contributed by atoms with Crippen molar-refractivity contribution in [1.29, 1.82) is 0 Å². The van der Waals surface area contributed by atoms with Crippen molar-refractivity contribution in [1.82, 2.24) is 10.2 Å².